The lowest BCUT2D eigenvalue weighted by molar-refractivity contribution is 0.874. The van der Waals surface area contributed by atoms with Gasteiger partial charge in [-0.3, -0.25) is 4.79 Å². The third kappa shape index (κ3) is 1.43. The molecule has 2 rings (SSSR count). The predicted octanol–water partition coefficient (Wildman–Crippen LogP) is 1.60. The molecule has 3 nitrogen and oxygen atoms in total. The first kappa shape index (κ1) is 10.1. The highest BCUT2D eigenvalue weighted by molar-refractivity contribution is 7.17. The molecule has 70 valence electrons. The Morgan fingerprint density at radius 1 is 1.54 bits per heavy atom. The van der Waals surface area contributed by atoms with Crippen LogP contribution in [0.3, 0.4) is 0 Å². The molecule has 0 aromatic carbocycles. The molecule has 0 fully saturated rings. The van der Waals surface area contributed by atoms with E-state index in [9.17, 15) is 4.79 Å². The van der Waals surface area contributed by atoms with Crippen molar-refractivity contribution in [1.82, 2.24) is 4.57 Å². The van der Waals surface area contributed by atoms with E-state index in [4.69, 9.17) is 5.73 Å². The molecule has 0 saturated heterocycles. The fraction of sp³-hybridized carbons (Fsp3) is 0.125. The quantitative estimate of drug-likeness (QED) is 0.727. The minimum Gasteiger partial charge on any atom is -0.397 e. The fourth-order valence-corrected chi connectivity index (χ4v) is 2.00. The molecule has 0 aliphatic rings. The number of thiophene rings is 1. The van der Waals surface area contributed by atoms with Crippen LogP contribution in [0.1, 0.15) is 0 Å². The molecule has 0 aliphatic heterocycles. The molecule has 0 saturated carbocycles. The van der Waals surface area contributed by atoms with Crippen molar-refractivity contribution in [3.63, 3.8) is 0 Å². The van der Waals surface area contributed by atoms with Gasteiger partial charge in [0.2, 0.25) is 0 Å². The number of aryl methyl sites for hydroxylation is 1. The van der Waals surface area contributed by atoms with Gasteiger partial charge in [-0.15, -0.1) is 23.7 Å². The standard InChI is InChI=1S/C8H8N2OS.ClH/c1-10-3-2-6-7(8(10)11)5(9)4-12-6;/h2-4H,9H2,1H3;1H. The molecular formula is C8H9ClN2OS. The van der Waals surface area contributed by atoms with Gasteiger partial charge >= 0.3 is 0 Å². The zero-order valence-electron chi connectivity index (χ0n) is 6.98. The lowest BCUT2D eigenvalue weighted by Crippen LogP contribution is -2.15. The number of nitrogen functional groups attached to an aromatic ring is 1. The highest BCUT2D eigenvalue weighted by atomic mass is 35.5. The zero-order chi connectivity index (χ0) is 8.72. The number of rotatable bonds is 0. The molecule has 13 heavy (non-hydrogen) atoms. The van der Waals surface area contributed by atoms with Crippen molar-refractivity contribution in [3.8, 4) is 0 Å². The number of nitrogens with zero attached hydrogens (tertiary/aromatic N) is 1. The lowest BCUT2D eigenvalue weighted by atomic mass is 10.3. The minimum atomic E-state index is -0.0220. The molecule has 2 heterocycles. The Bertz CT molecular complexity index is 488. The molecular weight excluding hydrogens is 208 g/mol. The smallest absolute Gasteiger partial charge is 0.261 e. The Hall–Kier alpha value is -1.00. The number of hydrogen-bond donors (Lipinski definition) is 1. The molecule has 0 amide bonds. The van der Waals surface area contributed by atoms with Crippen LogP contribution in [0.4, 0.5) is 5.69 Å². The topological polar surface area (TPSA) is 48.0 Å². The molecule has 0 spiro atoms. The van der Waals surface area contributed by atoms with Gasteiger partial charge in [0.05, 0.1) is 11.1 Å². The predicted molar refractivity (Wildman–Crippen MR) is 58.7 cm³/mol. The number of fused-ring (bicyclic) bond motifs is 1. The molecule has 0 atom stereocenters. The normalized spacial score (nSPS) is 9.92. The number of pyridine rings is 1. The maximum atomic E-state index is 11.5. The molecule has 5 heteroatoms. The Kier molecular flexibility index (Phi) is 2.63. The van der Waals surface area contributed by atoms with Crippen LogP contribution in [-0.2, 0) is 7.05 Å². The second kappa shape index (κ2) is 3.40. The molecule has 0 unspecified atom stereocenters. The summed E-state index contributed by atoms with van der Waals surface area (Å²) in [5.74, 6) is 0. The van der Waals surface area contributed by atoms with E-state index in [0.717, 1.165) is 4.70 Å². The van der Waals surface area contributed by atoms with Crippen LogP contribution in [0.5, 0.6) is 0 Å². The maximum Gasteiger partial charge on any atom is 0.261 e. The van der Waals surface area contributed by atoms with Gasteiger partial charge in [-0.05, 0) is 6.07 Å². The molecule has 2 N–H and O–H groups in total. The van der Waals surface area contributed by atoms with Gasteiger partial charge in [-0.25, -0.2) is 0 Å². The van der Waals surface area contributed by atoms with E-state index in [1.54, 1.807) is 18.6 Å². The van der Waals surface area contributed by atoms with E-state index >= 15 is 0 Å². The summed E-state index contributed by atoms with van der Waals surface area (Å²) in [7, 11) is 1.72. The summed E-state index contributed by atoms with van der Waals surface area (Å²) in [5.41, 5.74) is 6.20. The number of aromatic nitrogens is 1. The maximum absolute atomic E-state index is 11.5. The van der Waals surface area contributed by atoms with E-state index < -0.39 is 0 Å². The van der Waals surface area contributed by atoms with Gasteiger partial charge < -0.3 is 10.3 Å². The second-order valence-electron chi connectivity index (χ2n) is 2.66. The SMILES string of the molecule is Cl.Cn1ccc2scc(N)c2c1=O. The Morgan fingerprint density at radius 3 is 2.92 bits per heavy atom. The van der Waals surface area contributed by atoms with E-state index in [0.29, 0.717) is 11.1 Å². The van der Waals surface area contributed by atoms with Gasteiger partial charge in [-0.1, -0.05) is 0 Å². The first-order chi connectivity index (χ1) is 5.70. The number of anilines is 1. The first-order valence-corrected chi connectivity index (χ1v) is 4.40. The zero-order valence-corrected chi connectivity index (χ0v) is 8.61. The molecule has 2 aromatic rings. The third-order valence-electron chi connectivity index (χ3n) is 1.83. The van der Waals surface area contributed by atoms with Crippen LogP contribution < -0.4 is 11.3 Å². The van der Waals surface area contributed by atoms with Crippen molar-refractivity contribution >= 4 is 39.5 Å². The molecule has 2 aromatic heterocycles. The highest BCUT2D eigenvalue weighted by Gasteiger charge is 2.05. The molecule has 0 aliphatic carbocycles. The average molecular weight is 217 g/mol. The summed E-state index contributed by atoms with van der Waals surface area (Å²) < 4.78 is 2.49. The monoisotopic (exact) mass is 216 g/mol. The van der Waals surface area contributed by atoms with Gasteiger partial charge in [0.1, 0.15) is 0 Å². The largest absolute Gasteiger partial charge is 0.397 e. The molecule has 0 radical (unpaired) electrons. The van der Waals surface area contributed by atoms with Crippen molar-refractivity contribution in [1.29, 1.82) is 0 Å². The van der Waals surface area contributed by atoms with Crippen molar-refractivity contribution in [2.24, 2.45) is 7.05 Å². The van der Waals surface area contributed by atoms with Crippen molar-refractivity contribution in [3.05, 3.63) is 28.0 Å². The van der Waals surface area contributed by atoms with Crippen molar-refractivity contribution in [2.75, 3.05) is 5.73 Å². The van der Waals surface area contributed by atoms with Gasteiger partial charge in [0.15, 0.2) is 0 Å². The van der Waals surface area contributed by atoms with E-state index in [2.05, 4.69) is 0 Å². The number of hydrogen-bond acceptors (Lipinski definition) is 3. The first-order valence-electron chi connectivity index (χ1n) is 3.52. The summed E-state index contributed by atoms with van der Waals surface area (Å²) in [6, 6.07) is 1.90. The van der Waals surface area contributed by atoms with E-state index in [1.165, 1.54) is 15.9 Å². The van der Waals surface area contributed by atoms with Gasteiger partial charge in [0.25, 0.3) is 5.56 Å². The summed E-state index contributed by atoms with van der Waals surface area (Å²) >= 11 is 1.50. The van der Waals surface area contributed by atoms with Gasteiger partial charge in [0, 0.05) is 23.3 Å². The second-order valence-corrected chi connectivity index (χ2v) is 3.57. The fourth-order valence-electron chi connectivity index (χ4n) is 1.16. The minimum absolute atomic E-state index is 0. The van der Waals surface area contributed by atoms with Crippen LogP contribution >= 0.6 is 23.7 Å². The number of nitrogens with two attached hydrogens (primary N) is 1. The van der Waals surface area contributed by atoms with Gasteiger partial charge in [-0.2, -0.15) is 0 Å². The van der Waals surface area contributed by atoms with Crippen molar-refractivity contribution < 1.29 is 0 Å². The highest BCUT2D eigenvalue weighted by Crippen LogP contribution is 2.23. The van der Waals surface area contributed by atoms with Crippen LogP contribution in [0.15, 0.2) is 22.4 Å². The summed E-state index contributed by atoms with van der Waals surface area (Å²) in [6.45, 7) is 0. The Morgan fingerprint density at radius 2 is 2.23 bits per heavy atom. The summed E-state index contributed by atoms with van der Waals surface area (Å²) in [4.78, 5) is 11.5. The Balaban J connectivity index is 0.000000845. The number of halogens is 1. The Labute approximate surface area is 85.2 Å². The van der Waals surface area contributed by atoms with E-state index in [1.807, 2.05) is 6.07 Å². The van der Waals surface area contributed by atoms with E-state index in [-0.39, 0.29) is 18.0 Å². The third-order valence-corrected chi connectivity index (χ3v) is 2.80. The van der Waals surface area contributed by atoms with Crippen LogP contribution in [0.2, 0.25) is 0 Å². The molecule has 0 bridgehead atoms. The van der Waals surface area contributed by atoms with Crippen LogP contribution in [0, 0.1) is 0 Å². The average Bonchev–Trinajstić information content (AvgIpc) is 2.41. The summed E-state index contributed by atoms with van der Waals surface area (Å²) in [5, 5.41) is 2.44. The lowest BCUT2D eigenvalue weighted by Gasteiger charge is -1.95. The summed E-state index contributed by atoms with van der Waals surface area (Å²) in [6.07, 6.45) is 1.75. The van der Waals surface area contributed by atoms with Crippen LogP contribution in [0.25, 0.3) is 10.1 Å². The van der Waals surface area contributed by atoms with Crippen molar-refractivity contribution in [2.45, 2.75) is 0 Å². The van der Waals surface area contributed by atoms with Crippen LogP contribution in [-0.4, -0.2) is 4.57 Å².